The summed E-state index contributed by atoms with van der Waals surface area (Å²) in [6.07, 6.45) is 0. The lowest BCUT2D eigenvalue weighted by atomic mass is 10.1. The van der Waals surface area contributed by atoms with E-state index in [-0.39, 0.29) is 5.91 Å². The third-order valence-electron chi connectivity index (χ3n) is 2.32. The van der Waals surface area contributed by atoms with Crippen LogP contribution in [-0.4, -0.2) is 16.1 Å². The van der Waals surface area contributed by atoms with E-state index in [4.69, 9.17) is 17.3 Å². The van der Waals surface area contributed by atoms with Gasteiger partial charge in [-0.3, -0.25) is 10.1 Å². The fraction of sp³-hybridized carbons (Fsp3) is 0.250. The van der Waals surface area contributed by atoms with Crippen molar-refractivity contribution in [2.24, 2.45) is 5.73 Å². The maximum Gasteiger partial charge on any atom is 0.259 e. The highest BCUT2D eigenvalue weighted by molar-refractivity contribution is 7.15. The predicted molar refractivity (Wildman–Crippen MR) is 76.5 cm³/mol. The zero-order valence-electron chi connectivity index (χ0n) is 10.5. The van der Waals surface area contributed by atoms with Crippen LogP contribution < -0.4 is 11.1 Å². The van der Waals surface area contributed by atoms with E-state index in [9.17, 15) is 4.79 Å². The number of rotatable bonds is 3. The van der Waals surface area contributed by atoms with Crippen LogP contribution in [-0.2, 0) is 5.54 Å². The summed E-state index contributed by atoms with van der Waals surface area (Å²) >= 11 is 7.20. The van der Waals surface area contributed by atoms with Gasteiger partial charge >= 0.3 is 0 Å². The fourth-order valence-electron chi connectivity index (χ4n) is 1.34. The first-order chi connectivity index (χ1) is 8.88. The number of carbonyl (C=O) groups excluding carboxylic acids is 1. The van der Waals surface area contributed by atoms with Gasteiger partial charge in [0.2, 0.25) is 5.13 Å². The third-order valence-corrected chi connectivity index (χ3v) is 3.82. The van der Waals surface area contributed by atoms with Gasteiger partial charge in [-0.2, -0.15) is 0 Å². The van der Waals surface area contributed by atoms with Gasteiger partial charge in [-0.1, -0.05) is 35.1 Å². The zero-order valence-corrected chi connectivity index (χ0v) is 12.0. The van der Waals surface area contributed by atoms with Gasteiger partial charge < -0.3 is 5.73 Å². The van der Waals surface area contributed by atoms with Crippen molar-refractivity contribution < 1.29 is 4.79 Å². The van der Waals surface area contributed by atoms with Gasteiger partial charge in [-0.25, -0.2) is 0 Å². The van der Waals surface area contributed by atoms with E-state index in [1.165, 1.54) is 11.3 Å². The summed E-state index contributed by atoms with van der Waals surface area (Å²) in [4.78, 5) is 12.0. The van der Waals surface area contributed by atoms with Crippen molar-refractivity contribution in [3.63, 3.8) is 0 Å². The zero-order chi connectivity index (χ0) is 14.0. The fourth-order valence-corrected chi connectivity index (χ4v) is 2.32. The largest absolute Gasteiger partial charge is 0.320 e. The number of amides is 1. The van der Waals surface area contributed by atoms with Crippen molar-refractivity contribution in [2.45, 2.75) is 19.4 Å². The number of halogens is 1. The normalized spacial score (nSPS) is 11.4. The Morgan fingerprint density at radius 1 is 1.37 bits per heavy atom. The minimum absolute atomic E-state index is 0.317. The number of hydrogen-bond donors (Lipinski definition) is 2. The van der Waals surface area contributed by atoms with Crippen LogP contribution in [0.2, 0.25) is 5.02 Å². The van der Waals surface area contributed by atoms with Crippen LogP contribution >= 0.6 is 22.9 Å². The van der Waals surface area contributed by atoms with Crippen molar-refractivity contribution in [3.8, 4) is 0 Å². The molecule has 1 aromatic heterocycles. The molecule has 1 aromatic carbocycles. The van der Waals surface area contributed by atoms with Gasteiger partial charge in [0.15, 0.2) is 0 Å². The molecule has 0 fully saturated rings. The second kappa shape index (κ2) is 5.24. The second-order valence-electron chi connectivity index (χ2n) is 4.57. The molecule has 19 heavy (non-hydrogen) atoms. The number of aromatic nitrogens is 2. The van der Waals surface area contributed by atoms with E-state index in [2.05, 4.69) is 15.5 Å². The third kappa shape index (κ3) is 3.28. The molecular weight excluding hydrogens is 284 g/mol. The Bertz CT molecular complexity index is 606. The van der Waals surface area contributed by atoms with E-state index in [0.717, 1.165) is 0 Å². The molecule has 2 rings (SSSR count). The molecule has 7 heteroatoms. The summed E-state index contributed by atoms with van der Waals surface area (Å²) in [6.45, 7) is 3.65. The molecule has 100 valence electrons. The predicted octanol–water partition coefficient (Wildman–Crippen LogP) is 2.64. The Labute approximate surface area is 119 Å². The number of nitrogens with zero attached hydrogens (tertiary/aromatic N) is 2. The van der Waals surface area contributed by atoms with Crippen LogP contribution in [0, 0.1) is 0 Å². The molecule has 0 radical (unpaired) electrons. The molecule has 0 bridgehead atoms. The molecule has 0 atom stereocenters. The smallest absolute Gasteiger partial charge is 0.259 e. The monoisotopic (exact) mass is 296 g/mol. The molecular formula is C12H13ClN4OS. The topological polar surface area (TPSA) is 80.9 Å². The Morgan fingerprint density at radius 2 is 2.05 bits per heavy atom. The molecule has 0 aliphatic heterocycles. The van der Waals surface area contributed by atoms with E-state index in [1.807, 2.05) is 13.8 Å². The molecule has 0 aliphatic carbocycles. The standard InChI is InChI=1S/C12H13ClN4OS/c1-12(2,14)10-16-17-11(19-10)15-9(18)7-5-3-4-6-8(7)13/h3-6H,14H2,1-2H3,(H,15,17,18). The highest BCUT2D eigenvalue weighted by Crippen LogP contribution is 2.25. The van der Waals surface area contributed by atoms with Crippen LogP contribution in [0.1, 0.15) is 29.2 Å². The SMILES string of the molecule is CC(C)(N)c1nnc(NC(=O)c2ccccc2Cl)s1. The quantitative estimate of drug-likeness (QED) is 0.912. The van der Waals surface area contributed by atoms with Crippen molar-refractivity contribution in [3.05, 3.63) is 39.9 Å². The number of carbonyl (C=O) groups is 1. The van der Waals surface area contributed by atoms with E-state index < -0.39 is 5.54 Å². The van der Waals surface area contributed by atoms with Crippen molar-refractivity contribution in [1.29, 1.82) is 0 Å². The molecule has 2 aromatic rings. The van der Waals surface area contributed by atoms with E-state index in [0.29, 0.717) is 20.7 Å². The Kier molecular flexibility index (Phi) is 3.84. The molecule has 0 saturated carbocycles. The first-order valence-corrected chi connectivity index (χ1v) is 6.76. The summed E-state index contributed by atoms with van der Waals surface area (Å²) in [5, 5.41) is 11.9. The van der Waals surface area contributed by atoms with Crippen LogP contribution in [0.15, 0.2) is 24.3 Å². The lowest BCUT2D eigenvalue weighted by molar-refractivity contribution is 0.102. The molecule has 1 amide bonds. The van der Waals surface area contributed by atoms with Gasteiger partial charge in [-0.15, -0.1) is 10.2 Å². The van der Waals surface area contributed by atoms with E-state index >= 15 is 0 Å². The summed E-state index contributed by atoms with van der Waals surface area (Å²) in [5.41, 5.74) is 5.73. The van der Waals surface area contributed by atoms with Gasteiger partial charge in [0.05, 0.1) is 16.1 Å². The number of benzene rings is 1. The summed E-state index contributed by atoms with van der Waals surface area (Å²) in [7, 11) is 0. The maximum atomic E-state index is 12.0. The highest BCUT2D eigenvalue weighted by Gasteiger charge is 2.21. The van der Waals surface area contributed by atoms with Gasteiger partial charge in [0.25, 0.3) is 5.91 Å². The molecule has 1 heterocycles. The Hall–Kier alpha value is -1.50. The minimum Gasteiger partial charge on any atom is -0.320 e. The van der Waals surface area contributed by atoms with Crippen LogP contribution in [0.5, 0.6) is 0 Å². The summed E-state index contributed by atoms with van der Waals surface area (Å²) in [5.74, 6) is -0.317. The van der Waals surface area contributed by atoms with E-state index in [1.54, 1.807) is 24.3 Å². The van der Waals surface area contributed by atoms with Gasteiger partial charge in [0, 0.05) is 0 Å². The number of hydrogen-bond acceptors (Lipinski definition) is 5. The molecule has 0 spiro atoms. The second-order valence-corrected chi connectivity index (χ2v) is 5.95. The van der Waals surface area contributed by atoms with Crippen LogP contribution in [0.3, 0.4) is 0 Å². The first-order valence-electron chi connectivity index (χ1n) is 5.56. The number of nitrogens with one attached hydrogen (secondary N) is 1. The first kappa shape index (κ1) is 13.9. The molecule has 0 unspecified atom stereocenters. The molecule has 5 nitrogen and oxygen atoms in total. The minimum atomic E-state index is -0.578. The lowest BCUT2D eigenvalue weighted by Crippen LogP contribution is -2.28. The molecule has 0 aliphatic rings. The van der Waals surface area contributed by atoms with Gasteiger partial charge in [0.1, 0.15) is 5.01 Å². The van der Waals surface area contributed by atoms with Crippen LogP contribution in [0.4, 0.5) is 5.13 Å². The summed E-state index contributed by atoms with van der Waals surface area (Å²) < 4.78 is 0. The maximum absolute atomic E-state index is 12.0. The van der Waals surface area contributed by atoms with Crippen molar-refractivity contribution in [1.82, 2.24) is 10.2 Å². The Balaban J connectivity index is 2.16. The summed E-state index contributed by atoms with van der Waals surface area (Å²) in [6, 6.07) is 6.81. The van der Waals surface area contributed by atoms with Crippen molar-refractivity contribution in [2.75, 3.05) is 5.32 Å². The van der Waals surface area contributed by atoms with Crippen LogP contribution in [0.25, 0.3) is 0 Å². The highest BCUT2D eigenvalue weighted by atomic mass is 35.5. The lowest BCUT2D eigenvalue weighted by Gasteiger charge is -2.12. The molecule has 0 saturated heterocycles. The molecule has 3 N–H and O–H groups in total. The number of anilines is 1. The average molecular weight is 297 g/mol. The number of nitrogens with two attached hydrogens (primary N) is 1. The van der Waals surface area contributed by atoms with Crippen molar-refractivity contribution >= 4 is 34.0 Å². The van der Waals surface area contributed by atoms with Gasteiger partial charge in [-0.05, 0) is 26.0 Å². The average Bonchev–Trinajstić information content (AvgIpc) is 2.77. The Morgan fingerprint density at radius 3 is 2.63 bits per heavy atom.